The molecule has 0 saturated heterocycles. The van der Waals surface area contributed by atoms with Gasteiger partial charge in [0.05, 0.1) is 23.5 Å². The number of para-hydroxylation sites is 1. The summed E-state index contributed by atoms with van der Waals surface area (Å²) < 4.78 is 140. The van der Waals surface area contributed by atoms with E-state index in [1.807, 2.05) is 0 Å². The summed E-state index contributed by atoms with van der Waals surface area (Å²) in [6.07, 6.45) is -11.1. The van der Waals surface area contributed by atoms with Crippen LogP contribution in [0.3, 0.4) is 0 Å². The van der Waals surface area contributed by atoms with Crippen LogP contribution in [0.25, 0.3) is 16.7 Å². The van der Waals surface area contributed by atoms with Crippen molar-refractivity contribution in [3.05, 3.63) is 147 Å². The van der Waals surface area contributed by atoms with Crippen LogP contribution in [0.2, 0.25) is 0 Å². The Bertz CT molecular complexity index is 2680. The molecule has 15 heteroatoms. The van der Waals surface area contributed by atoms with E-state index in [0.29, 0.717) is 34.6 Å². The first-order chi connectivity index (χ1) is 30.5. The van der Waals surface area contributed by atoms with E-state index in [1.54, 1.807) is 30.3 Å². The maximum absolute atomic E-state index is 15.0. The van der Waals surface area contributed by atoms with Crippen molar-refractivity contribution in [3.63, 3.8) is 0 Å². The van der Waals surface area contributed by atoms with Crippen LogP contribution < -0.4 is 14.4 Å². The summed E-state index contributed by atoms with van der Waals surface area (Å²) >= 11 is 0. The fraction of sp³-hybridized carbons (Fsp3) is 0.300. The normalized spacial score (nSPS) is 15.9. The predicted octanol–water partition coefficient (Wildman–Crippen LogP) is 13.8. The van der Waals surface area contributed by atoms with E-state index in [0.717, 1.165) is 61.0 Å². The minimum absolute atomic E-state index is 0.0432. The van der Waals surface area contributed by atoms with Gasteiger partial charge in [0, 0.05) is 39.5 Å². The topological polar surface area (TPSA) is 72.9 Å². The van der Waals surface area contributed by atoms with Gasteiger partial charge in [-0.1, -0.05) is 43.8 Å². The Hall–Kier alpha value is -6.38. The van der Waals surface area contributed by atoms with Crippen LogP contribution in [0.1, 0.15) is 117 Å². The van der Waals surface area contributed by atoms with Crippen LogP contribution in [0.4, 0.5) is 45.2 Å². The predicted molar refractivity (Wildman–Crippen MR) is 224 cm³/mol. The third-order valence-corrected chi connectivity index (χ3v) is 12.4. The number of rotatable bonds is 11. The van der Waals surface area contributed by atoms with Gasteiger partial charge in [-0.25, -0.2) is 0 Å². The van der Waals surface area contributed by atoms with Crippen LogP contribution in [-0.2, 0) is 23.6 Å². The highest BCUT2D eigenvalue weighted by atomic mass is 19.4. The average molecular weight is 906 g/mol. The number of esters is 1. The van der Waals surface area contributed by atoms with Crippen LogP contribution in [-0.4, -0.2) is 30.4 Å². The molecule has 1 aliphatic heterocycles. The lowest BCUT2D eigenvalue weighted by Crippen LogP contribution is -2.47. The Kier molecular flexibility index (Phi) is 11.5. The van der Waals surface area contributed by atoms with Crippen molar-refractivity contribution in [2.75, 3.05) is 4.90 Å². The lowest BCUT2D eigenvalue weighted by atomic mass is 9.84. The molecule has 2 fully saturated rings. The van der Waals surface area contributed by atoms with Gasteiger partial charge < -0.3 is 14.4 Å². The second-order valence-corrected chi connectivity index (χ2v) is 16.9. The Morgan fingerprint density at radius 1 is 0.800 bits per heavy atom. The lowest BCUT2D eigenvalue weighted by Gasteiger charge is -2.35. The number of hydrogen-bond donors (Lipinski definition) is 0. The summed E-state index contributed by atoms with van der Waals surface area (Å²) in [6.45, 7) is 7.61. The summed E-state index contributed by atoms with van der Waals surface area (Å²) in [5.41, 5.74) is -1.26. The second-order valence-electron chi connectivity index (χ2n) is 16.9. The molecule has 2 atom stereocenters. The van der Waals surface area contributed by atoms with E-state index >= 15 is 4.79 Å². The number of carbonyl (C=O) groups excluding carboxylic acids is 3. The number of hydrogen-bond acceptors (Lipinski definition) is 5. The fourth-order valence-corrected chi connectivity index (χ4v) is 8.43. The fourth-order valence-electron chi connectivity index (χ4n) is 8.43. The molecule has 0 spiro atoms. The molecule has 3 aliphatic rings. The molecule has 5 aromatic carbocycles. The van der Waals surface area contributed by atoms with Gasteiger partial charge in [-0.15, -0.1) is 0 Å². The van der Waals surface area contributed by atoms with Crippen molar-refractivity contribution in [1.82, 2.24) is 0 Å². The molecule has 0 aromatic heterocycles. The standard InChI is InChI=1S/C50H40F9NO5/c1-25-37-7-5-6-8-43(37)65-46-41(32-18-33(49(54,55)56)20-34(19-32)50(57,58)59)23-38(26(2)45(25)46)47(63)60(28(4)27(3)48(51,52)53)35-15-9-29(10-16-35)17-44(62)64-36-21-39(30-11-12-30)42(24-61)40(22-36)31-13-14-31/h5-10,15-16,18-24,27-28,30-31H,1,11-14,17H2,2-4H3/t27-,28?/m1/s1. The molecule has 338 valence electrons. The Balaban J connectivity index is 1.19. The molecule has 2 aliphatic carbocycles. The monoisotopic (exact) mass is 905 g/mol. The lowest BCUT2D eigenvalue weighted by molar-refractivity contribution is -0.173. The number of fused-ring (bicyclic) bond motifs is 2. The first kappa shape index (κ1) is 45.2. The van der Waals surface area contributed by atoms with Crippen molar-refractivity contribution >= 4 is 29.4 Å². The number of aldehydes is 1. The summed E-state index contributed by atoms with van der Waals surface area (Å²) in [4.78, 5) is 41.2. The zero-order valence-corrected chi connectivity index (χ0v) is 35.1. The van der Waals surface area contributed by atoms with Gasteiger partial charge in [-0.3, -0.25) is 14.4 Å². The van der Waals surface area contributed by atoms with Gasteiger partial charge in [-0.05, 0) is 139 Å². The Labute approximate surface area is 367 Å². The second kappa shape index (κ2) is 16.6. The zero-order chi connectivity index (χ0) is 46.9. The molecule has 0 radical (unpaired) electrons. The van der Waals surface area contributed by atoms with E-state index in [-0.39, 0.29) is 69.3 Å². The largest absolute Gasteiger partial charge is 0.455 e. The number of halogens is 9. The van der Waals surface area contributed by atoms with Crippen LogP contribution in [0, 0.1) is 12.8 Å². The number of alkyl halides is 9. The van der Waals surface area contributed by atoms with Crippen molar-refractivity contribution in [2.24, 2.45) is 5.92 Å². The minimum atomic E-state index is -5.23. The molecule has 0 bridgehead atoms. The van der Waals surface area contributed by atoms with E-state index in [1.165, 1.54) is 44.2 Å². The van der Waals surface area contributed by atoms with Crippen LogP contribution in [0.5, 0.6) is 17.2 Å². The maximum Gasteiger partial charge on any atom is 0.416 e. The number of carbonyl (C=O) groups is 3. The smallest absolute Gasteiger partial charge is 0.416 e. The van der Waals surface area contributed by atoms with E-state index in [2.05, 4.69) is 6.58 Å². The van der Waals surface area contributed by atoms with E-state index in [9.17, 15) is 49.1 Å². The van der Waals surface area contributed by atoms with Gasteiger partial charge in [-0.2, -0.15) is 39.5 Å². The highest BCUT2D eigenvalue weighted by Crippen LogP contribution is 2.52. The van der Waals surface area contributed by atoms with Crippen molar-refractivity contribution in [2.45, 2.75) is 89.3 Å². The number of anilines is 1. The molecule has 6 nitrogen and oxygen atoms in total. The highest BCUT2D eigenvalue weighted by molar-refractivity contribution is 6.10. The number of benzene rings is 5. The third kappa shape index (κ3) is 9.01. The Morgan fingerprint density at radius 2 is 1.37 bits per heavy atom. The molecule has 8 rings (SSSR count). The summed E-state index contributed by atoms with van der Waals surface area (Å²) in [7, 11) is 0. The van der Waals surface area contributed by atoms with E-state index < -0.39 is 59.1 Å². The minimum Gasteiger partial charge on any atom is -0.455 e. The molecule has 65 heavy (non-hydrogen) atoms. The van der Waals surface area contributed by atoms with Gasteiger partial charge in [0.2, 0.25) is 0 Å². The molecule has 1 unspecified atom stereocenters. The third-order valence-electron chi connectivity index (χ3n) is 12.4. The van der Waals surface area contributed by atoms with Gasteiger partial charge in [0.15, 0.2) is 6.29 Å². The quantitative estimate of drug-likeness (QED) is 0.0560. The average Bonchev–Trinajstić information content (AvgIpc) is 4.18. The molecular formula is C50H40F9NO5. The van der Waals surface area contributed by atoms with Crippen molar-refractivity contribution in [1.29, 1.82) is 0 Å². The molecule has 1 amide bonds. The summed E-state index contributed by atoms with van der Waals surface area (Å²) in [5, 5.41) is 0. The molecule has 0 N–H and O–H groups in total. The molecule has 2 saturated carbocycles. The van der Waals surface area contributed by atoms with Gasteiger partial charge in [0.25, 0.3) is 5.91 Å². The first-order valence-electron chi connectivity index (χ1n) is 20.8. The summed E-state index contributed by atoms with van der Waals surface area (Å²) in [6, 6.07) is 15.6. The van der Waals surface area contributed by atoms with Crippen molar-refractivity contribution < 1.29 is 63.4 Å². The van der Waals surface area contributed by atoms with Crippen LogP contribution >= 0.6 is 0 Å². The first-order valence-corrected chi connectivity index (χ1v) is 20.8. The Morgan fingerprint density at radius 3 is 1.89 bits per heavy atom. The van der Waals surface area contributed by atoms with Crippen molar-refractivity contribution in [3.8, 4) is 28.4 Å². The van der Waals surface area contributed by atoms with Gasteiger partial charge >= 0.3 is 24.5 Å². The number of nitrogens with zero attached hydrogens (tertiary/aromatic N) is 1. The summed E-state index contributed by atoms with van der Waals surface area (Å²) in [5.74, 6) is -3.19. The SMILES string of the molecule is C=C1c2ccccc2Oc2c(-c3cc(C(F)(F)F)cc(C(F)(F)F)c3)cc(C(=O)N(c3ccc(CC(=O)Oc4cc(C5CC5)c(C=O)c(C5CC5)c4)cc3)C(C)[C@@H](C)C(F)(F)F)c(C)c21. The highest BCUT2D eigenvalue weighted by Gasteiger charge is 2.44. The number of ether oxygens (including phenoxy) is 2. The maximum atomic E-state index is 15.0. The molecular weight excluding hydrogens is 866 g/mol. The molecule has 5 aromatic rings. The van der Waals surface area contributed by atoms with Crippen LogP contribution in [0.15, 0.2) is 91.5 Å². The zero-order valence-electron chi connectivity index (χ0n) is 35.1. The number of amides is 1. The van der Waals surface area contributed by atoms with E-state index in [4.69, 9.17) is 9.47 Å². The molecule has 1 heterocycles. The van der Waals surface area contributed by atoms with Gasteiger partial charge in [0.1, 0.15) is 17.2 Å².